The minimum absolute atomic E-state index is 0.0344. The predicted molar refractivity (Wildman–Crippen MR) is 156 cm³/mol. The van der Waals surface area contributed by atoms with E-state index in [2.05, 4.69) is 5.32 Å². The summed E-state index contributed by atoms with van der Waals surface area (Å²) in [6, 6.07) is 13.6. The molecule has 0 unspecified atom stereocenters. The van der Waals surface area contributed by atoms with Gasteiger partial charge in [-0.05, 0) is 56.9 Å². The lowest BCUT2D eigenvalue weighted by molar-refractivity contribution is -0.144. The van der Waals surface area contributed by atoms with Gasteiger partial charge in [-0.3, -0.25) is 24.1 Å². The van der Waals surface area contributed by atoms with Crippen molar-refractivity contribution < 1.29 is 19.2 Å². The van der Waals surface area contributed by atoms with Gasteiger partial charge in [-0.2, -0.15) is 0 Å². The molecule has 0 aromatic heterocycles. The van der Waals surface area contributed by atoms with Crippen LogP contribution in [-0.2, 0) is 32.1 Å². The Kier molecular flexibility index (Phi) is 9.37. The van der Waals surface area contributed by atoms with Crippen molar-refractivity contribution in [2.45, 2.75) is 64.6 Å². The van der Waals surface area contributed by atoms with E-state index in [4.69, 9.17) is 23.2 Å². The molecule has 1 saturated heterocycles. The van der Waals surface area contributed by atoms with Gasteiger partial charge >= 0.3 is 0 Å². The molecule has 1 fully saturated rings. The third-order valence-electron chi connectivity index (χ3n) is 7.27. The summed E-state index contributed by atoms with van der Waals surface area (Å²) in [5.74, 6) is -1.85. The number of carbonyl (C=O) groups excluding carboxylic acids is 4. The molecule has 40 heavy (non-hydrogen) atoms. The second-order valence-electron chi connectivity index (χ2n) is 11.4. The first-order valence-corrected chi connectivity index (χ1v) is 14.3. The lowest BCUT2D eigenvalue weighted by atomic mass is 9.85. The molecule has 9 heteroatoms. The maximum absolute atomic E-state index is 13.9. The van der Waals surface area contributed by atoms with E-state index in [0.29, 0.717) is 28.5 Å². The lowest BCUT2D eigenvalue weighted by Crippen LogP contribution is -2.54. The van der Waals surface area contributed by atoms with Crippen molar-refractivity contribution in [1.29, 1.82) is 0 Å². The maximum atomic E-state index is 13.9. The van der Waals surface area contributed by atoms with Gasteiger partial charge in [0.1, 0.15) is 6.04 Å². The number of carbonyl (C=O) groups is 4. The smallest absolute Gasteiger partial charge is 0.243 e. The van der Waals surface area contributed by atoms with Crippen molar-refractivity contribution in [3.63, 3.8) is 0 Å². The molecule has 1 aliphatic heterocycles. The zero-order valence-corrected chi connectivity index (χ0v) is 24.5. The number of amides is 4. The molecule has 0 bridgehead atoms. The van der Waals surface area contributed by atoms with E-state index in [0.717, 1.165) is 5.56 Å². The number of hydrogen-bond donors (Lipinski definition) is 1. The fraction of sp³-hybridized carbons (Fsp3) is 0.419. The van der Waals surface area contributed by atoms with Crippen LogP contribution in [0.5, 0.6) is 0 Å². The molecule has 0 saturated carbocycles. The van der Waals surface area contributed by atoms with Crippen LogP contribution in [0, 0.1) is 11.8 Å². The highest BCUT2D eigenvalue weighted by Crippen LogP contribution is 2.35. The number of benzene rings is 2. The minimum Gasteiger partial charge on any atom is -0.350 e. The Balaban J connectivity index is 1.63. The summed E-state index contributed by atoms with van der Waals surface area (Å²) >= 11 is 12.6. The van der Waals surface area contributed by atoms with Gasteiger partial charge in [0.2, 0.25) is 23.6 Å². The average molecular weight is 585 g/mol. The van der Waals surface area contributed by atoms with Crippen LogP contribution in [0.2, 0.25) is 10.0 Å². The minimum atomic E-state index is -0.863. The standard InChI is InChI=1S/C31H35Cl2N3O4/c1-31(2,3)34-28(38)26(17-20-9-5-4-6-10-20)36(19-21-13-14-22(32)18-25(21)33)27(37)15-16-35-29(39)23-11-7-8-12-24(23)30(35)40/h4-10,13-14,18,23-24,26H,11-12,15-17,19H2,1-3H3,(H,34,38)/t23-,24+,26-/m1/s1. The number of likely N-dealkylation sites (tertiary alicyclic amines) is 1. The molecule has 1 N–H and O–H groups in total. The van der Waals surface area contributed by atoms with Crippen molar-refractivity contribution >= 4 is 46.8 Å². The number of hydrogen-bond acceptors (Lipinski definition) is 4. The fourth-order valence-electron chi connectivity index (χ4n) is 5.28. The monoisotopic (exact) mass is 583 g/mol. The summed E-state index contributed by atoms with van der Waals surface area (Å²) < 4.78 is 0. The van der Waals surface area contributed by atoms with E-state index in [9.17, 15) is 19.2 Å². The SMILES string of the molecule is CC(C)(C)NC(=O)[C@@H](Cc1ccccc1)N(Cc1ccc(Cl)cc1Cl)C(=O)CCN1C(=O)[C@H]2CC=CC[C@H]2C1=O. The van der Waals surface area contributed by atoms with Crippen molar-refractivity contribution in [2.24, 2.45) is 11.8 Å². The molecule has 4 rings (SSSR count). The first kappa shape index (κ1) is 29.8. The third kappa shape index (κ3) is 7.12. The number of halogens is 2. The van der Waals surface area contributed by atoms with Gasteiger partial charge in [0.25, 0.3) is 0 Å². The molecule has 1 heterocycles. The van der Waals surface area contributed by atoms with Crippen LogP contribution in [0.15, 0.2) is 60.7 Å². The van der Waals surface area contributed by atoms with Crippen molar-refractivity contribution in [3.8, 4) is 0 Å². The van der Waals surface area contributed by atoms with Crippen LogP contribution in [0.1, 0.15) is 51.2 Å². The Bertz CT molecular complexity index is 1280. The van der Waals surface area contributed by atoms with Crippen LogP contribution in [-0.4, -0.2) is 51.6 Å². The average Bonchev–Trinajstić information content (AvgIpc) is 3.14. The molecular formula is C31H35Cl2N3O4. The second-order valence-corrected chi connectivity index (χ2v) is 12.3. The van der Waals surface area contributed by atoms with Crippen molar-refractivity contribution in [1.82, 2.24) is 15.1 Å². The van der Waals surface area contributed by atoms with Crippen molar-refractivity contribution in [2.75, 3.05) is 6.54 Å². The lowest BCUT2D eigenvalue weighted by Gasteiger charge is -2.34. The van der Waals surface area contributed by atoms with Gasteiger partial charge in [0, 0.05) is 41.5 Å². The molecule has 7 nitrogen and oxygen atoms in total. The number of fused-ring (bicyclic) bond motifs is 1. The highest BCUT2D eigenvalue weighted by Gasteiger charge is 2.47. The van der Waals surface area contributed by atoms with Gasteiger partial charge in [0.05, 0.1) is 11.8 Å². The molecule has 1 aliphatic carbocycles. The normalized spacial score (nSPS) is 19.4. The predicted octanol–water partition coefficient (Wildman–Crippen LogP) is 5.19. The molecule has 212 valence electrons. The molecular weight excluding hydrogens is 549 g/mol. The number of rotatable bonds is 9. The Hall–Kier alpha value is -3.16. The zero-order chi connectivity index (χ0) is 29.0. The van der Waals surface area contributed by atoms with Gasteiger partial charge in [-0.1, -0.05) is 71.8 Å². The van der Waals surface area contributed by atoms with Crippen LogP contribution in [0.4, 0.5) is 0 Å². The molecule has 4 amide bonds. The first-order chi connectivity index (χ1) is 18.9. The summed E-state index contributed by atoms with van der Waals surface area (Å²) in [5, 5.41) is 3.85. The summed E-state index contributed by atoms with van der Waals surface area (Å²) in [6.45, 7) is 5.66. The molecule has 0 spiro atoms. The number of allylic oxidation sites excluding steroid dienone is 2. The fourth-order valence-corrected chi connectivity index (χ4v) is 5.75. The van der Waals surface area contributed by atoms with Gasteiger partial charge in [-0.15, -0.1) is 0 Å². The Morgan fingerprint density at radius 3 is 2.20 bits per heavy atom. The van der Waals surface area contributed by atoms with E-state index in [-0.39, 0.29) is 61.4 Å². The Labute approximate surface area is 245 Å². The zero-order valence-electron chi connectivity index (χ0n) is 23.0. The quantitative estimate of drug-likeness (QED) is 0.325. The number of nitrogens with one attached hydrogen (secondary N) is 1. The van der Waals surface area contributed by atoms with Crippen LogP contribution in [0.25, 0.3) is 0 Å². The van der Waals surface area contributed by atoms with E-state index >= 15 is 0 Å². The number of imide groups is 1. The van der Waals surface area contributed by atoms with Crippen LogP contribution in [0.3, 0.4) is 0 Å². The second kappa shape index (κ2) is 12.6. The topological polar surface area (TPSA) is 86.8 Å². The van der Waals surface area contributed by atoms with Crippen molar-refractivity contribution in [3.05, 3.63) is 81.9 Å². The molecule has 0 radical (unpaired) electrons. The Morgan fingerprint density at radius 1 is 1.00 bits per heavy atom. The third-order valence-corrected chi connectivity index (χ3v) is 7.86. The first-order valence-electron chi connectivity index (χ1n) is 13.5. The molecule has 2 aromatic carbocycles. The maximum Gasteiger partial charge on any atom is 0.243 e. The molecule has 2 aromatic rings. The van der Waals surface area contributed by atoms with E-state index in [1.807, 2.05) is 63.3 Å². The van der Waals surface area contributed by atoms with Crippen LogP contribution >= 0.6 is 23.2 Å². The van der Waals surface area contributed by atoms with E-state index < -0.39 is 11.6 Å². The largest absolute Gasteiger partial charge is 0.350 e. The molecule has 3 atom stereocenters. The molecule has 2 aliphatic rings. The highest BCUT2D eigenvalue weighted by molar-refractivity contribution is 6.35. The van der Waals surface area contributed by atoms with Gasteiger partial charge in [0.15, 0.2) is 0 Å². The van der Waals surface area contributed by atoms with Gasteiger partial charge in [-0.25, -0.2) is 0 Å². The number of nitrogens with zero attached hydrogens (tertiary/aromatic N) is 2. The summed E-state index contributed by atoms with van der Waals surface area (Å²) in [5.41, 5.74) is 0.988. The van der Waals surface area contributed by atoms with E-state index in [1.165, 1.54) is 9.80 Å². The Morgan fingerprint density at radius 2 is 1.62 bits per heavy atom. The van der Waals surface area contributed by atoms with E-state index in [1.54, 1.807) is 18.2 Å². The summed E-state index contributed by atoms with van der Waals surface area (Å²) in [7, 11) is 0. The summed E-state index contributed by atoms with van der Waals surface area (Å²) in [6.07, 6.45) is 5.10. The summed E-state index contributed by atoms with van der Waals surface area (Å²) in [4.78, 5) is 56.3. The van der Waals surface area contributed by atoms with Crippen LogP contribution < -0.4 is 5.32 Å². The highest BCUT2D eigenvalue weighted by atomic mass is 35.5. The van der Waals surface area contributed by atoms with Gasteiger partial charge < -0.3 is 10.2 Å².